The monoisotopic (exact) mass is 299 g/mol. The minimum absolute atomic E-state index is 0.0564. The summed E-state index contributed by atoms with van der Waals surface area (Å²) >= 11 is 0. The maximum absolute atomic E-state index is 12.5. The molecule has 0 radical (unpaired) electrons. The van der Waals surface area contributed by atoms with Crippen molar-refractivity contribution in [1.82, 2.24) is 4.31 Å². The average Bonchev–Trinajstić information content (AvgIpc) is 2.75. The molecule has 1 heterocycles. The van der Waals surface area contributed by atoms with Gasteiger partial charge >= 0.3 is 5.97 Å². The lowest BCUT2D eigenvalue weighted by atomic mass is 10.1. The summed E-state index contributed by atoms with van der Waals surface area (Å²) in [4.78, 5) is 11.2. The minimum atomic E-state index is -3.91. The molecule has 1 fully saturated rings. The van der Waals surface area contributed by atoms with Crippen LogP contribution in [-0.2, 0) is 14.8 Å². The van der Waals surface area contributed by atoms with Crippen LogP contribution in [0.3, 0.4) is 0 Å². The van der Waals surface area contributed by atoms with Crippen LogP contribution in [0.15, 0.2) is 23.1 Å². The van der Waals surface area contributed by atoms with Crippen molar-refractivity contribution in [3.63, 3.8) is 0 Å². The summed E-state index contributed by atoms with van der Waals surface area (Å²) in [7, 11) is -3.91. The van der Waals surface area contributed by atoms with Gasteiger partial charge in [-0.15, -0.1) is 0 Å². The van der Waals surface area contributed by atoms with Gasteiger partial charge < -0.3 is 10.2 Å². The highest BCUT2D eigenvalue weighted by atomic mass is 32.2. The lowest BCUT2D eigenvalue weighted by Crippen LogP contribution is -2.40. The number of hydrogen-bond donors (Lipinski definition) is 2. The number of aliphatic carboxylic acids is 1. The molecule has 1 unspecified atom stereocenters. The van der Waals surface area contributed by atoms with E-state index in [0.29, 0.717) is 0 Å². The van der Waals surface area contributed by atoms with Crippen molar-refractivity contribution in [2.75, 3.05) is 6.54 Å². The highest BCUT2D eigenvalue weighted by Crippen LogP contribution is 2.27. The Morgan fingerprint density at radius 3 is 2.50 bits per heavy atom. The molecule has 1 aliphatic heterocycles. The molecule has 0 aromatic heterocycles. The van der Waals surface area contributed by atoms with E-state index < -0.39 is 28.1 Å². The smallest absolute Gasteiger partial charge is 0.322 e. The molecule has 1 aromatic carbocycles. The Morgan fingerprint density at radius 1 is 1.30 bits per heavy atom. The molecular formula is C13H17NO5S. The first-order valence-corrected chi connectivity index (χ1v) is 7.67. The summed E-state index contributed by atoms with van der Waals surface area (Å²) < 4.78 is 25.9. The summed E-state index contributed by atoms with van der Waals surface area (Å²) in [6.07, 6.45) is -1.03. The van der Waals surface area contributed by atoms with Crippen molar-refractivity contribution < 1.29 is 23.4 Å². The molecule has 2 rings (SSSR count). The Kier molecular flexibility index (Phi) is 3.86. The maximum Gasteiger partial charge on any atom is 0.322 e. The number of carbonyl (C=O) groups is 1. The average molecular weight is 299 g/mol. The van der Waals surface area contributed by atoms with Gasteiger partial charge in [0.25, 0.3) is 0 Å². The fourth-order valence-electron chi connectivity index (χ4n) is 2.28. The number of carboxylic acid groups (broad SMARTS) is 1. The quantitative estimate of drug-likeness (QED) is 0.848. The Hall–Kier alpha value is -1.44. The second-order valence-electron chi connectivity index (χ2n) is 5.06. The first kappa shape index (κ1) is 15.0. The van der Waals surface area contributed by atoms with Crippen LogP contribution in [-0.4, -0.2) is 47.6 Å². The van der Waals surface area contributed by atoms with Crippen LogP contribution in [0.5, 0.6) is 0 Å². The fourth-order valence-corrected chi connectivity index (χ4v) is 4.00. The number of nitrogens with zero attached hydrogens (tertiary/aromatic N) is 1. The second-order valence-corrected chi connectivity index (χ2v) is 6.95. The van der Waals surface area contributed by atoms with Gasteiger partial charge in [0.2, 0.25) is 10.0 Å². The number of rotatable bonds is 3. The first-order chi connectivity index (χ1) is 9.23. The van der Waals surface area contributed by atoms with E-state index >= 15 is 0 Å². The Morgan fingerprint density at radius 2 is 1.95 bits per heavy atom. The van der Waals surface area contributed by atoms with E-state index in [-0.39, 0.29) is 17.9 Å². The van der Waals surface area contributed by atoms with Gasteiger partial charge in [0.1, 0.15) is 6.04 Å². The third kappa shape index (κ3) is 2.56. The molecule has 20 heavy (non-hydrogen) atoms. The predicted octanol–water partition coefficient (Wildman–Crippen LogP) is 0.512. The zero-order valence-corrected chi connectivity index (χ0v) is 12.1. The van der Waals surface area contributed by atoms with Crippen molar-refractivity contribution in [3.05, 3.63) is 29.3 Å². The molecular weight excluding hydrogens is 282 g/mol. The van der Waals surface area contributed by atoms with Gasteiger partial charge in [0.15, 0.2) is 0 Å². The largest absolute Gasteiger partial charge is 0.480 e. The van der Waals surface area contributed by atoms with Crippen LogP contribution in [0.1, 0.15) is 17.5 Å². The van der Waals surface area contributed by atoms with Gasteiger partial charge in [0, 0.05) is 13.0 Å². The van der Waals surface area contributed by atoms with Gasteiger partial charge in [-0.1, -0.05) is 6.07 Å². The lowest BCUT2D eigenvalue weighted by molar-refractivity contribution is -0.140. The summed E-state index contributed by atoms with van der Waals surface area (Å²) in [5.74, 6) is -1.24. The number of carboxylic acids is 1. The molecule has 0 saturated carbocycles. The van der Waals surface area contributed by atoms with E-state index in [1.165, 1.54) is 12.1 Å². The van der Waals surface area contributed by atoms with Crippen LogP contribution in [0.2, 0.25) is 0 Å². The van der Waals surface area contributed by atoms with E-state index in [0.717, 1.165) is 15.4 Å². The number of sulfonamides is 1. The zero-order chi connectivity index (χ0) is 15.1. The molecule has 0 spiro atoms. The highest BCUT2D eigenvalue weighted by Gasteiger charge is 2.43. The Balaban J connectivity index is 2.43. The first-order valence-electron chi connectivity index (χ1n) is 6.23. The van der Waals surface area contributed by atoms with Gasteiger partial charge in [-0.05, 0) is 37.1 Å². The fraction of sp³-hybridized carbons (Fsp3) is 0.462. The Labute approximate surface area is 117 Å². The normalized spacial score (nSPS) is 23.9. The third-order valence-electron chi connectivity index (χ3n) is 3.60. The van der Waals surface area contributed by atoms with E-state index in [1.807, 2.05) is 6.92 Å². The second kappa shape index (κ2) is 5.16. The van der Waals surface area contributed by atoms with Crippen LogP contribution in [0.4, 0.5) is 0 Å². The lowest BCUT2D eigenvalue weighted by Gasteiger charge is -2.21. The van der Waals surface area contributed by atoms with Gasteiger partial charge in [-0.2, -0.15) is 4.31 Å². The molecule has 2 N–H and O–H groups in total. The molecule has 0 bridgehead atoms. The molecule has 7 heteroatoms. The van der Waals surface area contributed by atoms with Crippen LogP contribution in [0, 0.1) is 13.8 Å². The van der Waals surface area contributed by atoms with Gasteiger partial charge in [0.05, 0.1) is 11.0 Å². The van der Waals surface area contributed by atoms with E-state index in [1.54, 1.807) is 13.0 Å². The molecule has 1 aromatic rings. The number of aliphatic hydroxyl groups is 1. The number of benzene rings is 1. The summed E-state index contributed by atoms with van der Waals surface area (Å²) in [6.45, 7) is 3.47. The third-order valence-corrected chi connectivity index (χ3v) is 5.47. The molecule has 6 nitrogen and oxygen atoms in total. The van der Waals surface area contributed by atoms with Crippen molar-refractivity contribution in [2.24, 2.45) is 0 Å². The van der Waals surface area contributed by atoms with Gasteiger partial charge in [-0.3, -0.25) is 4.79 Å². The van der Waals surface area contributed by atoms with Gasteiger partial charge in [-0.25, -0.2) is 8.42 Å². The maximum atomic E-state index is 12.5. The van der Waals surface area contributed by atoms with Crippen molar-refractivity contribution >= 4 is 16.0 Å². The molecule has 0 aliphatic carbocycles. The number of aliphatic hydroxyl groups excluding tert-OH is 1. The molecule has 1 saturated heterocycles. The predicted molar refractivity (Wildman–Crippen MR) is 71.9 cm³/mol. The number of hydrogen-bond acceptors (Lipinski definition) is 4. The summed E-state index contributed by atoms with van der Waals surface area (Å²) in [5.41, 5.74) is 1.78. The van der Waals surface area contributed by atoms with Crippen molar-refractivity contribution in [1.29, 1.82) is 0 Å². The van der Waals surface area contributed by atoms with Crippen LogP contribution in [0.25, 0.3) is 0 Å². The number of β-amino-alcohol motifs (C(OH)–C–C–N with tert-alkyl or cyclic N) is 1. The van der Waals surface area contributed by atoms with Crippen LogP contribution >= 0.6 is 0 Å². The standard InChI is InChI=1S/C13H17NO5S/c1-8-3-4-11(5-9(8)2)20(18,19)14-7-10(15)6-12(14)13(16)17/h3-5,10,12,15H,6-7H2,1-2H3,(H,16,17)/t10?,12-/m0/s1. The number of aryl methyl sites for hydroxylation is 2. The van der Waals surface area contributed by atoms with Crippen molar-refractivity contribution in [2.45, 2.75) is 37.3 Å². The highest BCUT2D eigenvalue weighted by molar-refractivity contribution is 7.89. The molecule has 1 aliphatic rings. The zero-order valence-electron chi connectivity index (χ0n) is 11.3. The SMILES string of the molecule is Cc1ccc(S(=O)(=O)N2CC(O)C[C@H]2C(=O)O)cc1C. The topological polar surface area (TPSA) is 94.9 Å². The minimum Gasteiger partial charge on any atom is -0.480 e. The Bertz CT molecular complexity index is 640. The van der Waals surface area contributed by atoms with Crippen molar-refractivity contribution in [3.8, 4) is 0 Å². The van der Waals surface area contributed by atoms with E-state index in [9.17, 15) is 18.3 Å². The van der Waals surface area contributed by atoms with E-state index in [2.05, 4.69) is 0 Å². The van der Waals surface area contributed by atoms with Crippen LogP contribution < -0.4 is 0 Å². The summed E-state index contributed by atoms with van der Waals surface area (Å²) in [6, 6.07) is 3.46. The molecule has 2 atom stereocenters. The summed E-state index contributed by atoms with van der Waals surface area (Å²) in [5, 5.41) is 18.7. The van der Waals surface area contributed by atoms with E-state index in [4.69, 9.17) is 5.11 Å². The molecule has 0 amide bonds. The molecule has 110 valence electrons.